The number of halogens is 2. The number of hydrogen-bond acceptors (Lipinski definition) is 2. The van der Waals surface area contributed by atoms with Gasteiger partial charge >= 0.3 is 0 Å². The molecule has 0 aromatic heterocycles. The maximum absolute atomic E-state index is 12.3. The topological polar surface area (TPSA) is 35.2 Å². The molecule has 0 radical (unpaired) electrons. The summed E-state index contributed by atoms with van der Waals surface area (Å²) in [5.74, 6) is -0.712. The summed E-state index contributed by atoms with van der Waals surface area (Å²) in [5.41, 5.74) is 4.85. The van der Waals surface area contributed by atoms with Crippen LogP contribution < -0.4 is 5.73 Å². The zero-order chi connectivity index (χ0) is 8.48. The molecule has 0 aliphatic carbocycles. The van der Waals surface area contributed by atoms with Crippen LogP contribution in [0.3, 0.4) is 0 Å². The van der Waals surface area contributed by atoms with E-state index in [2.05, 4.69) is 0 Å². The minimum atomic E-state index is -2.33. The highest BCUT2D eigenvalue weighted by atomic mass is 19.3. The normalized spacial score (nSPS) is 24.8. The Morgan fingerprint density at radius 2 is 2.09 bits per heavy atom. The second-order valence-corrected chi connectivity index (χ2v) is 3.32. The van der Waals surface area contributed by atoms with Crippen molar-refractivity contribution in [3.63, 3.8) is 0 Å². The first-order chi connectivity index (χ1) is 5.10. The third-order valence-corrected chi connectivity index (χ3v) is 2.32. The average Bonchev–Trinajstić information content (AvgIpc) is 1.85. The molecule has 2 N–H and O–H groups in total. The molecule has 2 nitrogen and oxygen atoms in total. The zero-order valence-electron chi connectivity index (χ0n) is 6.52. The molecule has 1 atom stereocenters. The molecule has 0 amide bonds. The summed E-state index contributed by atoms with van der Waals surface area (Å²) in [6.07, 6.45) is -2.33. The SMILES string of the molecule is CC1(C(CN)C(F)F)COC1. The largest absolute Gasteiger partial charge is 0.380 e. The summed E-state index contributed by atoms with van der Waals surface area (Å²) >= 11 is 0. The highest BCUT2D eigenvalue weighted by molar-refractivity contribution is 4.89. The molecule has 1 saturated heterocycles. The molecule has 0 saturated carbocycles. The van der Waals surface area contributed by atoms with Crippen molar-refractivity contribution in [3.8, 4) is 0 Å². The van der Waals surface area contributed by atoms with Gasteiger partial charge in [-0.3, -0.25) is 0 Å². The minimum Gasteiger partial charge on any atom is -0.380 e. The summed E-state index contributed by atoms with van der Waals surface area (Å²) in [6.45, 7) is 2.66. The maximum Gasteiger partial charge on any atom is 0.243 e. The molecule has 11 heavy (non-hydrogen) atoms. The Morgan fingerprint density at radius 1 is 1.55 bits per heavy atom. The van der Waals surface area contributed by atoms with Gasteiger partial charge in [-0.1, -0.05) is 6.92 Å². The summed E-state index contributed by atoms with van der Waals surface area (Å²) in [4.78, 5) is 0. The van der Waals surface area contributed by atoms with Crippen LogP contribution >= 0.6 is 0 Å². The van der Waals surface area contributed by atoms with Crippen molar-refractivity contribution in [1.29, 1.82) is 0 Å². The first-order valence-electron chi connectivity index (χ1n) is 3.66. The molecule has 1 unspecified atom stereocenters. The monoisotopic (exact) mass is 165 g/mol. The fourth-order valence-corrected chi connectivity index (χ4v) is 1.33. The molecule has 4 heteroatoms. The third kappa shape index (κ3) is 1.51. The second-order valence-electron chi connectivity index (χ2n) is 3.32. The van der Waals surface area contributed by atoms with Gasteiger partial charge < -0.3 is 10.5 Å². The number of hydrogen-bond donors (Lipinski definition) is 1. The van der Waals surface area contributed by atoms with E-state index >= 15 is 0 Å². The van der Waals surface area contributed by atoms with Gasteiger partial charge in [0.1, 0.15) is 0 Å². The lowest BCUT2D eigenvalue weighted by atomic mass is 9.75. The predicted molar refractivity (Wildman–Crippen MR) is 37.5 cm³/mol. The number of ether oxygens (including phenoxy) is 1. The van der Waals surface area contributed by atoms with Gasteiger partial charge in [0, 0.05) is 17.9 Å². The van der Waals surface area contributed by atoms with Gasteiger partial charge in [-0.2, -0.15) is 0 Å². The van der Waals surface area contributed by atoms with Crippen LogP contribution in [0.2, 0.25) is 0 Å². The van der Waals surface area contributed by atoms with Crippen LogP contribution in [-0.2, 0) is 4.74 Å². The van der Waals surface area contributed by atoms with Crippen LogP contribution in [0.25, 0.3) is 0 Å². The highest BCUT2D eigenvalue weighted by Crippen LogP contribution is 2.37. The quantitative estimate of drug-likeness (QED) is 0.673. The van der Waals surface area contributed by atoms with E-state index < -0.39 is 12.3 Å². The minimum absolute atomic E-state index is 0.0392. The van der Waals surface area contributed by atoms with E-state index in [9.17, 15) is 8.78 Å². The van der Waals surface area contributed by atoms with Gasteiger partial charge in [0.2, 0.25) is 6.43 Å². The van der Waals surface area contributed by atoms with Crippen molar-refractivity contribution in [3.05, 3.63) is 0 Å². The van der Waals surface area contributed by atoms with Gasteiger partial charge in [0.25, 0.3) is 0 Å². The number of alkyl halides is 2. The molecule has 0 aromatic carbocycles. The highest BCUT2D eigenvalue weighted by Gasteiger charge is 2.44. The van der Waals surface area contributed by atoms with Gasteiger partial charge in [-0.15, -0.1) is 0 Å². The van der Waals surface area contributed by atoms with Crippen molar-refractivity contribution in [1.82, 2.24) is 0 Å². The number of nitrogens with two attached hydrogens (primary N) is 1. The Morgan fingerprint density at radius 3 is 2.18 bits per heavy atom. The van der Waals surface area contributed by atoms with Crippen molar-refractivity contribution in [2.45, 2.75) is 13.3 Å². The molecule has 66 valence electrons. The lowest BCUT2D eigenvalue weighted by molar-refractivity contribution is -0.161. The first kappa shape index (κ1) is 8.87. The molecular formula is C7H13F2NO. The van der Waals surface area contributed by atoms with Crippen molar-refractivity contribution in [2.75, 3.05) is 19.8 Å². The third-order valence-electron chi connectivity index (χ3n) is 2.32. The molecule has 1 fully saturated rings. The molecule has 0 bridgehead atoms. The second kappa shape index (κ2) is 3.03. The van der Waals surface area contributed by atoms with Crippen LogP contribution in [0.4, 0.5) is 8.78 Å². The first-order valence-corrected chi connectivity index (χ1v) is 3.66. The standard InChI is InChI=1S/C7H13F2NO/c1-7(3-11-4-7)5(2-10)6(8)9/h5-6H,2-4,10H2,1H3. The lowest BCUT2D eigenvalue weighted by Crippen LogP contribution is -2.51. The van der Waals surface area contributed by atoms with E-state index in [1.54, 1.807) is 6.92 Å². The van der Waals surface area contributed by atoms with Crippen molar-refractivity contribution >= 4 is 0 Å². The van der Waals surface area contributed by atoms with Crippen LogP contribution in [-0.4, -0.2) is 26.2 Å². The molecule has 0 aromatic rings. The van der Waals surface area contributed by atoms with Crippen molar-refractivity contribution in [2.24, 2.45) is 17.1 Å². The summed E-state index contributed by atoms with van der Waals surface area (Å²) in [6, 6.07) is 0. The van der Waals surface area contributed by atoms with E-state index in [1.165, 1.54) is 0 Å². The zero-order valence-corrected chi connectivity index (χ0v) is 6.52. The maximum atomic E-state index is 12.3. The van der Waals surface area contributed by atoms with E-state index in [0.717, 1.165) is 0 Å². The van der Waals surface area contributed by atoms with E-state index in [0.29, 0.717) is 13.2 Å². The predicted octanol–water partition coefficient (Wildman–Crippen LogP) is 0.863. The Balaban J connectivity index is 2.53. The Bertz CT molecular complexity index is 136. The molecule has 1 heterocycles. The Hall–Kier alpha value is -0.220. The van der Waals surface area contributed by atoms with Crippen molar-refractivity contribution < 1.29 is 13.5 Å². The van der Waals surface area contributed by atoms with Gasteiger partial charge in [-0.25, -0.2) is 8.78 Å². The Kier molecular flexibility index (Phi) is 2.44. The molecule has 1 aliphatic heterocycles. The van der Waals surface area contributed by atoms with E-state index in [4.69, 9.17) is 10.5 Å². The van der Waals surface area contributed by atoms with E-state index in [1.807, 2.05) is 0 Å². The van der Waals surface area contributed by atoms with Crippen LogP contribution in [0.1, 0.15) is 6.92 Å². The smallest absolute Gasteiger partial charge is 0.243 e. The fourth-order valence-electron chi connectivity index (χ4n) is 1.33. The summed E-state index contributed by atoms with van der Waals surface area (Å²) in [5, 5.41) is 0. The summed E-state index contributed by atoms with van der Waals surface area (Å²) in [7, 11) is 0. The van der Waals surface area contributed by atoms with E-state index in [-0.39, 0.29) is 12.0 Å². The average molecular weight is 165 g/mol. The van der Waals surface area contributed by atoms with Gasteiger partial charge in [-0.05, 0) is 0 Å². The molecule has 1 rings (SSSR count). The fraction of sp³-hybridized carbons (Fsp3) is 1.00. The number of rotatable bonds is 3. The molecule has 0 spiro atoms. The lowest BCUT2D eigenvalue weighted by Gasteiger charge is -2.43. The summed E-state index contributed by atoms with van der Waals surface area (Å²) < 4.78 is 29.4. The molecule has 1 aliphatic rings. The Labute approximate surface area is 64.7 Å². The van der Waals surface area contributed by atoms with Crippen LogP contribution in [0.15, 0.2) is 0 Å². The molecular weight excluding hydrogens is 152 g/mol. The van der Waals surface area contributed by atoms with Gasteiger partial charge in [0.15, 0.2) is 0 Å². The van der Waals surface area contributed by atoms with Crippen LogP contribution in [0, 0.1) is 11.3 Å². The van der Waals surface area contributed by atoms with Crippen LogP contribution in [0.5, 0.6) is 0 Å². The van der Waals surface area contributed by atoms with Gasteiger partial charge in [0.05, 0.1) is 13.2 Å².